The molecule has 0 aliphatic heterocycles. The van der Waals surface area contributed by atoms with Gasteiger partial charge in [-0.1, -0.05) is 6.07 Å². The molecule has 0 saturated heterocycles. The number of rotatable bonds is 4. The monoisotopic (exact) mass is 250 g/mol. The Morgan fingerprint density at radius 3 is 2.94 bits per heavy atom. The molecule has 1 atom stereocenters. The molecule has 2 aromatic rings. The van der Waals surface area contributed by atoms with E-state index in [-0.39, 0.29) is 11.9 Å². The highest BCUT2D eigenvalue weighted by atomic mass is 32.1. The van der Waals surface area contributed by atoms with Gasteiger partial charge in [0.2, 0.25) is 0 Å². The van der Waals surface area contributed by atoms with Crippen molar-refractivity contribution in [1.29, 1.82) is 0 Å². The second kappa shape index (κ2) is 5.38. The highest BCUT2D eigenvalue weighted by Crippen LogP contribution is 2.23. The van der Waals surface area contributed by atoms with Crippen molar-refractivity contribution in [3.63, 3.8) is 0 Å². The van der Waals surface area contributed by atoms with Gasteiger partial charge in [0.1, 0.15) is 5.82 Å². The van der Waals surface area contributed by atoms with Crippen molar-refractivity contribution in [3.05, 3.63) is 51.7 Å². The van der Waals surface area contributed by atoms with Crippen LogP contribution in [0.5, 0.6) is 0 Å². The quantitative estimate of drug-likeness (QED) is 0.902. The normalized spacial score (nSPS) is 12.6. The summed E-state index contributed by atoms with van der Waals surface area (Å²) in [6.07, 6.45) is 2.59. The first kappa shape index (κ1) is 12.2. The second-order valence-electron chi connectivity index (χ2n) is 3.97. The van der Waals surface area contributed by atoms with Crippen molar-refractivity contribution in [2.45, 2.75) is 19.4 Å². The van der Waals surface area contributed by atoms with E-state index in [9.17, 15) is 4.39 Å². The van der Waals surface area contributed by atoms with Gasteiger partial charge in [-0.25, -0.2) is 9.37 Å². The average molecular weight is 250 g/mol. The third-order valence-corrected chi connectivity index (χ3v) is 3.63. The van der Waals surface area contributed by atoms with E-state index in [0.717, 1.165) is 22.6 Å². The summed E-state index contributed by atoms with van der Waals surface area (Å²) < 4.78 is 13.3. The molecule has 1 unspecified atom stereocenters. The molecule has 0 aliphatic rings. The number of hydrogen-bond donors (Lipinski definition) is 1. The summed E-state index contributed by atoms with van der Waals surface area (Å²) in [5.74, 6) is -0.190. The minimum absolute atomic E-state index is 0.108. The zero-order valence-electron chi connectivity index (χ0n) is 9.90. The van der Waals surface area contributed by atoms with Crippen molar-refractivity contribution in [2.24, 2.45) is 0 Å². The van der Waals surface area contributed by atoms with Crippen LogP contribution in [-0.2, 0) is 6.42 Å². The van der Waals surface area contributed by atoms with E-state index in [0.29, 0.717) is 0 Å². The highest BCUT2D eigenvalue weighted by Gasteiger charge is 2.14. The molecule has 90 valence electrons. The van der Waals surface area contributed by atoms with E-state index < -0.39 is 0 Å². The van der Waals surface area contributed by atoms with Gasteiger partial charge in [-0.3, -0.25) is 0 Å². The topological polar surface area (TPSA) is 24.9 Å². The van der Waals surface area contributed by atoms with Gasteiger partial charge in [0.05, 0.1) is 5.01 Å². The van der Waals surface area contributed by atoms with Crippen LogP contribution in [0, 0.1) is 12.7 Å². The number of hydrogen-bond acceptors (Lipinski definition) is 3. The number of nitrogens with one attached hydrogen (secondary N) is 1. The first-order chi connectivity index (χ1) is 8.20. The Morgan fingerprint density at radius 2 is 2.29 bits per heavy atom. The Morgan fingerprint density at radius 1 is 1.47 bits per heavy atom. The Hall–Kier alpha value is -1.26. The molecule has 17 heavy (non-hydrogen) atoms. The Bertz CT molecular complexity index is 482. The van der Waals surface area contributed by atoms with E-state index in [1.54, 1.807) is 23.6 Å². The molecule has 1 N–H and O–H groups in total. The molecule has 2 nitrogen and oxygen atoms in total. The lowest BCUT2D eigenvalue weighted by Gasteiger charge is -2.17. The maximum Gasteiger partial charge on any atom is 0.123 e. The molecule has 0 amide bonds. The molecule has 0 saturated carbocycles. The molecular weight excluding hydrogens is 235 g/mol. The van der Waals surface area contributed by atoms with Crippen LogP contribution in [0.2, 0.25) is 0 Å². The van der Waals surface area contributed by atoms with Crippen LogP contribution in [0.3, 0.4) is 0 Å². The summed E-state index contributed by atoms with van der Waals surface area (Å²) in [5, 5.41) is 6.25. The maximum atomic E-state index is 13.3. The number of halogens is 1. The van der Waals surface area contributed by atoms with Crippen LogP contribution < -0.4 is 5.32 Å². The van der Waals surface area contributed by atoms with Crippen molar-refractivity contribution < 1.29 is 4.39 Å². The van der Waals surface area contributed by atoms with Crippen molar-refractivity contribution in [3.8, 4) is 0 Å². The van der Waals surface area contributed by atoms with E-state index in [1.807, 2.05) is 25.4 Å². The van der Waals surface area contributed by atoms with Crippen molar-refractivity contribution >= 4 is 11.3 Å². The minimum atomic E-state index is -0.190. The fourth-order valence-electron chi connectivity index (χ4n) is 1.88. The SMILES string of the molecule is CNC(Cc1nccs1)c1cc(F)ccc1C. The molecule has 4 heteroatoms. The molecule has 1 aromatic carbocycles. The lowest BCUT2D eigenvalue weighted by atomic mass is 9.99. The lowest BCUT2D eigenvalue weighted by molar-refractivity contribution is 0.573. The van der Waals surface area contributed by atoms with Gasteiger partial charge in [-0.2, -0.15) is 0 Å². The molecule has 1 aromatic heterocycles. The average Bonchev–Trinajstić information content (AvgIpc) is 2.82. The number of thiazole rings is 1. The third-order valence-electron chi connectivity index (χ3n) is 2.83. The predicted molar refractivity (Wildman–Crippen MR) is 68.8 cm³/mol. The number of nitrogens with zero attached hydrogens (tertiary/aromatic N) is 1. The van der Waals surface area contributed by atoms with Crippen LogP contribution in [0.25, 0.3) is 0 Å². The summed E-state index contributed by atoms with van der Waals surface area (Å²) in [4.78, 5) is 4.27. The Labute approximate surface area is 105 Å². The summed E-state index contributed by atoms with van der Waals surface area (Å²) in [6.45, 7) is 2.00. The zero-order chi connectivity index (χ0) is 12.3. The van der Waals surface area contributed by atoms with Crippen molar-refractivity contribution in [2.75, 3.05) is 7.05 Å². The van der Waals surface area contributed by atoms with E-state index in [2.05, 4.69) is 10.3 Å². The standard InChI is InChI=1S/C13H15FN2S/c1-9-3-4-10(14)7-11(9)12(15-2)8-13-16-5-6-17-13/h3-7,12,15H,8H2,1-2H3. The number of benzene rings is 1. The summed E-state index contributed by atoms with van der Waals surface area (Å²) >= 11 is 1.63. The predicted octanol–water partition coefficient (Wildman–Crippen LogP) is 3.09. The summed E-state index contributed by atoms with van der Waals surface area (Å²) in [5.41, 5.74) is 2.10. The van der Waals surface area contributed by atoms with E-state index >= 15 is 0 Å². The van der Waals surface area contributed by atoms with Crippen LogP contribution in [0.15, 0.2) is 29.8 Å². The first-order valence-electron chi connectivity index (χ1n) is 5.52. The van der Waals surface area contributed by atoms with Gasteiger partial charge >= 0.3 is 0 Å². The molecular formula is C13H15FN2S. The molecule has 0 fully saturated rings. The zero-order valence-corrected chi connectivity index (χ0v) is 10.7. The van der Waals surface area contributed by atoms with Gasteiger partial charge in [0, 0.05) is 24.0 Å². The molecule has 0 bridgehead atoms. The van der Waals surface area contributed by atoms with Crippen LogP contribution in [0.4, 0.5) is 4.39 Å². The summed E-state index contributed by atoms with van der Waals surface area (Å²) in [6, 6.07) is 5.02. The van der Waals surface area contributed by atoms with Crippen LogP contribution in [-0.4, -0.2) is 12.0 Å². The Balaban J connectivity index is 2.25. The fourth-order valence-corrected chi connectivity index (χ4v) is 2.55. The van der Waals surface area contributed by atoms with Gasteiger partial charge in [0.25, 0.3) is 0 Å². The minimum Gasteiger partial charge on any atom is -0.313 e. The molecule has 0 radical (unpaired) electrons. The van der Waals surface area contributed by atoms with Crippen LogP contribution >= 0.6 is 11.3 Å². The maximum absolute atomic E-state index is 13.3. The van der Waals surface area contributed by atoms with Gasteiger partial charge < -0.3 is 5.32 Å². The van der Waals surface area contributed by atoms with E-state index in [1.165, 1.54) is 6.07 Å². The van der Waals surface area contributed by atoms with Crippen molar-refractivity contribution in [1.82, 2.24) is 10.3 Å². The second-order valence-corrected chi connectivity index (χ2v) is 4.95. The molecule has 0 aliphatic carbocycles. The van der Waals surface area contributed by atoms with E-state index in [4.69, 9.17) is 0 Å². The molecule has 0 spiro atoms. The van der Waals surface area contributed by atoms with Gasteiger partial charge in [0.15, 0.2) is 0 Å². The number of aryl methyl sites for hydroxylation is 1. The number of likely N-dealkylation sites (N-methyl/N-ethyl adjacent to an activating group) is 1. The van der Waals surface area contributed by atoms with Gasteiger partial charge in [-0.15, -0.1) is 11.3 Å². The summed E-state index contributed by atoms with van der Waals surface area (Å²) in [7, 11) is 1.89. The number of aromatic nitrogens is 1. The third kappa shape index (κ3) is 2.90. The Kier molecular flexibility index (Phi) is 3.86. The highest BCUT2D eigenvalue weighted by molar-refractivity contribution is 7.09. The first-order valence-corrected chi connectivity index (χ1v) is 6.40. The molecule has 1 heterocycles. The lowest BCUT2D eigenvalue weighted by Crippen LogP contribution is -2.20. The van der Waals surface area contributed by atoms with Crippen LogP contribution in [0.1, 0.15) is 22.2 Å². The van der Waals surface area contributed by atoms with Gasteiger partial charge in [-0.05, 0) is 37.2 Å². The largest absolute Gasteiger partial charge is 0.313 e. The molecule has 2 rings (SSSR count). The smallest absolute Gasteiger partial charge is 0.123 e. The fraction of sp³-hybridized carbons (Fsp3) is 0.308.